The minimum Gasteiger partial charge on any atom is -0.459 e. The molecule has 1 saturated carbocycles. The highest BCUT2D eigenvalue weighted by molar-refractivity contribution is 6.04. The summed E-state index contributed by atoms with van der Waals surface area (Å²) in [5.74, 6) is -1.89. The fourth-order valence-corrected chi connectivity index (χ4v) is 4.26. The van der Waals surface area contributed by atoms with E-state index in [-0.39, 0.29) is 17.7 Å². The van der Waals surface area contributed by atoms with Crippen molar-refractivity contribution < 1.29 is 23.2 Å². The van der Waals surface area contributed by atoms with Crippen molar-refractivity contribution in [2.75, 3.05) is 11.4 Å². The third-order valence-corrected chi connectivity index (χ3v) is 5.98. The first-order valence-corrected chi connectivity index (χ1v) is 11.6. The van der Waals surface area contributed by atoms with Crippen LogP contribution >= 0.6 is 0 Å². The number of furan rings is 1. The zero-order valence-corrected chi connectivity index (χ0v) is 19.2. The van der Waals surface area contributed by atoms with Crippen LogP contribution in [0, 0.1) is 5.82 Å². The van der Waals surface area contributed by atoms with E-state index in [1.165, 1.54) is 47.7 Å². The second kappa shape index (κ2) is 11.4. The number of benzene rings is 1. The molecular formula is C26H27FN4O4. The first kappa shape index (κ1) is 24.1. The van der Waals surface area contributed by atoms with Gasteiger partial charge in [0.25, 0.3) is 5.91 Å². The average Bonchev–Trinajstić information content (AvgIpc) is 3.43. The van der Waals surface area contributed by atoms with Gasteiger partial charge in [0.1, 0.15) is 11.9 Å². The number of nitrogens with one attached hydrogen (secondary N) is 2. The van der Waals surface area contributed by atoms with Crippen LogP contribution in [0.15, 0.2) is 71.6 Å². The number of amides is 3. The number of hydrogen-bond donors (Lipinski definition) is 2. The van der Waals surface area contributed by atoms with Gasteiger partial charge >= 0.3 is 0 Å². The monoisotopic (exact) mass is 478 g/mol. The maximum Gasteiger partial charge on any atom is 0.287 e. The molecule has 1 aromatic carbocycles. The fraction of sp³-hybridized carbons (Fsp3) is 0.308. The van der Waals surface area contributed by atoms with E-state index in [9.17, 15) is 18.8 Å². The Morgan fingerprint density at radius 2 is 1.83 bits per heavy atom. The molecule has 3 aromatic rings. The quantitative estimate of drug-likeness (QED) is 0.513. The van der Waals surface area contributed by atoms with E-state index < -0.39 is 30.2 Å². The third-order valence-electron chi connectivity index (χ3n) is 5.98. The normalized spacial score (nSPS) is 14.7. The van der Waals surface area contributed by atoms with Gasteiger partial charge in [0.15, 0.2) is 5.76 Å². The molecule has 0 saturated heterocycles. The van der Waals surface area contributed by atoms with Gasteiger partial charge < -0.3 is 15.1 Å². The summed E-state index contributed by atoms with van der Waals surface area (Å²) in [6.07, 6.45) is 9.39. The first-order chi connectivity index (χ1) is 17.0. The molecule has 0 bridgehead atoms. The molecule has 8 nitrogen and oxygen atoms in total. The number of halogens is 1. The Morgan fingerprint density at radius 3 is 2.49 bits per heavy atom. The Hall–Kier alpha value is -4.01. The van der Waals surface area contributed by atoms with Crippen molar-refractivity contribution >= 4 is 23.4 Å². The van der Waals surface area contributed by atoms with Crippen molar-refractivity contribution in [2.24, 2.45) is 0 Å². The number of carbonyl (C=O) groups excluding carboxylic acids is 3. The first-order valence-electron chi connectivity index (χ1n) is 11.6. The molecule has 1 atom stereocenters. The van der Waals surface area contributed by atoms with E-state index in [0.717, 1.165) is 32.1 Å². The molecule has 1 aliphatic rings. The van der Waals surface area contributed by atoms with E-state index >= 15 is 0 Å². The maximum absolute atomic E-state index is 13.7. The summed E-state index contributed by atoms with van der Waals surface area (Å²) in [4.78, 5) is 44.9. The van der Waals surface area contributed by atoms with Crippen LogP contribution in [0.3, 0.4) is 0 Å². The van der Waals surface area contributed by atoms with Gasteiger partial charge in [-0.15, -0.1) is 0 Å². The average molecular weight is 479 g/mol. The molecule has 0 unspecified atom stereocenters. The Morgan fingerprint density at radius 1 is 1.06 bits per heavy atom. The number of rotatable bonds is 8. The highest BCUT2D eigenvalue weighted by Crippen LogP contribution is 2.29. The standard InChI is InChI=1S/C26H27FN4O4/c27-19-10-12-21(13-11-19)31(23(32)17-29-25(33)22-9-5-15-35-22)24(18-6-4-14-28-16-18)26(34)30-20-7-2-1-3-8-20/h4-6,9-16,20,24H,1-3,7-8,17H2,(H,29,33)(H,30,34)/t24-/m1/s1. The molecule has 182 valence electrons. The highest BCUT2D eigenvalue weighted by Gasteiger charge is 2.34. The lowest BCUT2D eigenvalue weighted by atomic mass is 9.94. The van der Waals surface area contributed by atoms with Crippen molar-refractivity contribution in [3.05, 3.63) is 84.3 Å². The Kier molecular flexibility index (Phi) is 7.87. The Labute approximate surface area is 202 Å². The molecule has 0 aliphatic heterocycles. The largest absolute Gasteiger partial charge is 0.459 e. The lowest BCUT2D eigenvalue weighted by Crippen LogP contribution is -2.49. The van der Waals surface area contributed by atoms with Crippen LogP contribution in [-0.4, -0.2) is 35.3 Å². The molecule has 1 aliphatic carbocycles. The van der Waals surface area contributed by atoms with Gasteiger partial charge in [-0.25, -0.2) is 4.39 Å². The predicted molar refractivity (Wildman–Crippen MR) is 127 cm³/mol. The summed E-state index contributed by atoms with van der Waals surface area (Å²) in [5.41, 5.74) is 0.812. The number of carbonyl (C=O) groups is 3. The minimum absolute atomic E-state index is 0.0132. The van der Waals surface area contributed by atoms with Crippen molar-refractivity contribution in [1.82, 2.24) is 15.6 Å². The van der Waals surface area contributed by atoms with Crippen LogP contribution in [0.25, 0.3) is 0 Å². The lowest BCUT2D eigenvalue weighted by Gasteiger charge is -2.33. The zero-order valence-electron chi connectivity index (χ0n) is 19.2. The van der Waals surface area contributed by atoms with Crippen molar-refractivity contribution in [3.8, 4) is 0 Å². The molecule has 1 fully saturated rings. The van der Waals surface area contributed by atoms with Crippen molar-refractivity contribution in [1.29, 1.82) is 0 Å². The van der Waals surface area contributed by atoms with E-state index in [2.05, 4.69) is 15.6 Å². The zero-order chi connectivity index (χ0) is 24.6. The maximum atomic E-state index is 13.7. The minimum atomic E-state index is -1.07. The second-order valence-corrected chi connectivity index (χ2v) is 8.43. The lowest BCUT2D eigenvalue weighted by molar-refractivity contribution is -0.127. The van der Waals surface area contributed by atoms with Gasteiger partial charge in [0.05, 0.1) is 12.8 Å². The summed E-state index contributed by atoms with van der Waals surface area (Å²) < 4.78 is 18.8. The Balaban J connectivity index is 1.65. The van der Waals surface area contributed by atoms with Crippen LogP contribution in [0.5, 0.6) is 0 Å². The van der Waals surface area contributed by atoms with Crippen molar-refractivity contribution in [2.45, 2.75) is 44.2 Å². The van der Waals surface area contributed by atoms with Gasteiger partial charge in [-0.3, -0.25) is 24.3 Å². The topological polar surface area (TPSA) is 105 Å². The van der Waals surface area contributed by atoms with Crippen LogP contribution in [0.2, 0.25) is 0 Å². The predicted octanol–water partition coefficient (Wildman–Crippen LogP) is 3.77. The van der Waals surface area contributed by atoms with E-state index in [1.54, 1.807) is 24.4 Å². The molecular weight excluding hydrogens is 451 g/mol. The number of aromatic nitrogens is 1. The smallest absolute Gasteiger partial charge is 0.287 e. The van der Waals surface area contributed by atoms with Gasteiger partial charge in [-0.05, 0) is 55.3 Å². The molecule has 2 heterocycles. The summed E-state index contributed by atoms with van der Waals surface area (Å²) in [6.45, 7) is -0.398. The SMILES string of the molecule is O=C(NCC(=O)N(c1ccc(F)cc1)[C@@H](C(=O)NC1CCCCC1)c1cccnc1)c1ccco1. The number of anilines is 1. The van der Waals surface area contributed by atoms with Gasteiger partial charge in [0, 0.05) is 29.7 Å². The molecule has 2 aromatic heterocycles. The van der Waals surface area contributed by atoms with Gasteiger partial charge in [-0.1, -0.05) is 25.3 Å². The van der Waals surface area contributed by atoms with Crippen LogP contribution in [-0.2, 0) is 9.59 Å². The van der Waals surface area contributed by atoms with Crippen LogP contribution in [0.1, 0.15) is 54.3 Å². The highest BCUT2D eigenvalue weighted by atomic mass is 19.1. The summed E-state index contributed by atoms with van der Waals surface area (Å²) in [5, 5.41) is 5.61. The summed E-state index contributed by atoms with van der Waals surface area (Å²) >= 11 is 0. The van der Waals surface area contributed by atoms with E-state index in [0.29, 0.717) is 11.3 Å². The van der Waals surface area contributed by atoms with Crippen molar-refractivity contribution in [3.63, 3.8) is 0 Å². The number of pyridine rings is 1. The third kappa shape index (κ3) is 6.11. The molecule has 0 spiro atoms. The molecule has 4 rings (SSSR count). The van der Waals surface area contributed by atoms with Gasteiger partial charge in [-0.2, -0.15) is 0 Å². The van der Waals surface area contributed by atoms with E-state index in [4.69, 9.17) is 4.42 Å². The summed E-state index contributed by atoms with van der Waals surface area (Å²) in [6, 6.07) is 10.7. The molecule has 2 N–H and O–H groups in total. The molecule has 9 heteroatoms. The van der Waals surface area contributed by atoms with Crippen LogP contribution in [0.4, 0.5) is 10.1 Å². The fourth-order valence-electron chi connectivity index (χ4n) is 4.26. The van der Waals surface area contributed by atoms with Crippen LogP contribution < -0.4 is 15.5 Å². The molecule has 35 heavy (non-hydrogen) atoms. The number of nitrogens with zero attached hydrogens (tertiary/aromatic N) is 2. The van der Waals surface area contributed by atoms with E-state index in [1.807, 2.05) is 0 Å². The molecule has 3 amide bonds. The summed E-state index contributed by atoms with van der Waals surface area (Å²) in [7, 11) is 0. The number of hydrogen-bond acceptors (Lipinski definition) is 5. The van der Waals surface area contributed by atoms with Gasteiger partial charge in [0.2, 0.25) is 11.8 Å². The molecule has 0 radical (unpaired) electrons. The second-order valence-electron chi connectivity index (χ2n) is 8.43. The Bertz CT molecular complexity index is 1130.